The average Bonchev–Trinajstić information content (AvgIpc) is 3.04. The van der Waals surface area contributed by atoms with E-state index in [1.54, 1.807) is 36.4 Å². The fourth-order valence-electron chi connectivity index (χ4n) is 2.83. The van der Waals surface area contributed by atoms with E-state index in [4.69, 9.17) is 9.26 Å². The summed E-state index contributed by atoms with van der Waals surface area (Å²) in [7, 11) is 0. The van der Waals surface area contributed by atoms with Gasteiger partial charge >= 0.3 is 0 Å². The number of aryl methyl sites for hydroxylation is 2. The van der Waals surface area contributed by atoms with Gasteiger partial charge in [-0.2, -0.15) is 5.26 Å². The largest absolute Gasteiger partial charge is 0.489 e. The van der Waals surface area contributed by atoms with Crippen molar-refractivity contribution in [1.82, 2.24) is 5.16 Å². The normalized spacial score (nSPS) is 11.0. The van der Waals surface area contributed by atoms with Gasteiger partial charge < -0.3 is 14.6 Å². The van der Waals surface area contributed by atoms with Gasteiger partial charge in [-0.1, -0.05) is 23.4 Å². The quantitative estimate of drug-likeness (QED) is 0.646. The minimum Gasteiger partial charge on any atom is -0.489 e. The first-order valence-corrected chi connectivity index (χ1v) is 9.28. The topological polar surface area (TPSA) is 88.2 Å². The van der Waals surface area contributed by atoms with Crippen molar-refractivity contribution >= 4 is 11.6 Å². The molecule has 0 bridgehead atoms. The number of ether oxygens (including phenoxy) is 1. The molecule has 3 aromatic rings. The highest BCUT2D eigenvalue weighted by molar-refractivity contribution is 6.04. The molecule has 3 rings (SSSR count). The minimum atomic E-state index is -0.574. The molecule has 0 saturated heterocycles. The molecule has 1 heterocycles. The van der Waals surface area contributed by atoms with Crippen molar-refractivity contribution in [2.24, 2.45) is 0 Å². The molecule has 29 heavy (non-hydrogen) atoms. The molecule has 0 atom stereocenters. The first-order valence-electron chi connectivity index (χ1n) is 9.28. The first-order chi connectivity index (χ1) is 13.8. The predicted octanol–water partition coefficient (Wildman–Crippen LogP) is 4.92. The summed E-state index contributed by atoms with van der Waals surface area (Å²) in [6.07, 6.45) is 0. The Labute approximate surface area is 170 Å². The van der Waals surface area contributed by atoms with Crippen LogP contribution in [0.1, 0.15) is 46.8 Å². The van der Waals surface area contributed by atoms with Crippen molar-refractivity contribution in [3.05, 3.63) is 76.7 Å². The highest BCUT2D eigenvalue weighted by atomic mass is 16.5. The molecular formula is C23H23N3O3. The van der Waals surface area contributed by atoms with Crippen LogP contribution in [0.3, 0.4) is 0 Å². The minimum absolute atomic E-state index is 0.236. The molecule has 2 aromatic carbocycles. The Hall–Kier alpha value is -3.59. The van der Waals surface area contributed by atoms with Gasteiger partial charge in [0.15, 0.2) is 0 Å². The smallest absolute Gasteiger partial charge is 0.255 e. The summed E-state index contributed by atoms with van der Waals surface area (Å²) in [5, 5.41) is 16.0. The van der Waals surface area contributed by atoms with Gasteiger partial charge in [-0.3, -0.25) is 4.79 Å². The maximum Gasteiger partial charge on any atom is 0.255 e. The number of hydrogen-bond acceptors (Lipinski definition) is 5. The van der Waals surface area contributed by atoms with E-state index in [9.17, 15) is 10.1 Å². The van der Waals surface area contributed by atoms with Crippen LogP contribution in [0.15, 0.2) is 53.1 Å². The Balaban J connectivity index is 1.67. The van der Waals surface area contributed by atoms with E-state index in [2.05, 4.69) is 16.5 Å². The van der Waals surface area contributed by atoms with Gasteiger partial charge in [0, 0.05) is 11.3 Å². The third-order valence-electron chi connectivity index (χ3n) is 4.80. The van der Waals surface area contributed by atoms with Crippen molar-refractivity contribution in [3.8, 4) is 11.8 Å². The number of hydrogen-bond donors (Lipinski definition) is 1. The fraction of sp³-hybridized carbons (Fsp3) is 0.261. The van der Waals surface area contributed by atoms with Crippen LogP contribution in [0.2, 0.25) is 0 Å². The molecule has 148 valence electrons. The third-order valence-corrected chi connectivity index (χ3v) is 4.80. The molecule has 0 spiro atoms. The second-order valence-electron chi connectivity index (χ2n) is 7.39. The van der Waals surface area contributed by atoms with Gasteiger partial charge in [0.25, 0.3) is 5.91 Å². The molecular weight excluding hydrogens is 366 g/mol. The summed E-state index contributed by atoms with van der Waals surface area (Å²) in [5.41, 5.74) is 3.17. The van der Waals surface area contributed by atoms with Gasteiger partial charge in [0.05, 0.1) is 22.7 Å². The van der Waals surface area contributed by atoms with Gasteiger partial charge in [-0.05, 0) is 63.6 Å². The summed E-state index contributed by atoms with van der Waals surface area (Å²) in [4.78, 5) is 12.6. The van der Waals surface area contributed by atoms with Crippen LogP contribution in [0, 0.1) is 25.2 Å². The van der Waals surface area contributed by atoms with E-state index in [1.807, 2.05) is 39.8 Å². The average molecular weight is 389 g/mol. The molecule has 0 aliphatic rings. The zero-order chi connectivity index (χ0) is 21.0. The van der Waals surface area contributed by atoms with Crippen molar-refractivity contribution in [1.29, 1.82) is 5.26 Å². The second kappa shape index (κ2) is 8.19. The predicted molar refractivity (Wildman–Crippen MR) is 110 cm³/mol. The maximum absolute atomic E-state index is 12.6. The molecule has 0 saturated carbocycles. The molecule has 1 N–H and O–H groups in total. The van der Waals surface area contributed by atoms with E-state index in [1.165, 1.54) is 0 Å². The van der Waals surface area contributed by atoms with E-state index in [0.717, 1.165) is 22.6 Å². The SMILES string of the molecule is Cc1noc(C)c1COc1cccc(C(=O)Nc2ccc(C(C)(C)C#N)cc2)c1. The number of carbonyl (C=O) groups is 1. The number of nitrogens with one attached hydrogen (secondary N) is 1. The van der Waals surface area contributed by atoms with E-state index in [-0.39, 0.29) is 5.91 Å². The van der Waals surface area contributed by atoms with Gasteiger partial charge in [-0.15, -0.1) is 0 Å². The van der Waals surface area contributed by atoms with Crippen LogP contribution in [-0.4, -0.2) is 11.1 Å². The summed E-state index contributed by atoms with van der Waals surface area (Å²) < 4.78 is 10.9. The number of benzene rings is 2. The van der Waals surface area contributed by atoms with Crippen molar-refractivity contribution in [2.75, 3.05) is 5.32 Å². The molecule has 6 nitrogen and oxygen atoms in total. The second-order valence-corrected chi connectivity index (χ2v) is 7.39. The summed E-state index contributed by atoms with van der Waals surface area (Å²) in [6, 6.07) is 16.6. The fourth-order valence-corrected chi connectivity index (χ4v) is 2.83. The molecule has 0 fully saturated rings. The first kappa shape index (κ1) is 20.2. The van der Waals surface area contributed by atoms with E-state index < -0.39 is 5.41 Å². The van der Waals surface area contributed by atoms with Crippen LogP contribution in [-0.2, 0) is 12.0 Å². The lowest BCUT2D eigenvalue weighted by Crippen LogP contribution is -2.15. The molecule has 1 amide bonds. The lowest BCUT2D eigenvalue weighted by molar-refractivity contribution is 0.102. The molecule has 0 unspecified atom stereocenters. The van der Waals surface area contributed by atoms with Crippen molar-refractivity contribution < 1.29 is 14.1 Å². The monoisotopic (exact) mass is 389 g/mol. The zero-order valence-corrected chi connectivity index (χ0v) is 16.9. The molecule has 0 aliphatic heterocycles. The van der Waals surface area contributed by atoms with Crippen LogP contribution >= 0.6 is 0 Å². The lowest BCUT2D eigenvalue weighted by atomic mass is 9.86. The number of amides is 1. The third kappa shape index (κ3) is 4.64. The summed E-state index contributed by atoms with van der Waals surface area (Å²) in [6.45, 7) is 7.74. The number of nitrogens with zero attached hydrogens (tertiary/aromatic N) is 2. The van der Waals surface area contributed by atoms with Crippen LogP contribution in [0.25, 0.3) is 0 Å². The van der Waals surface area contributed by atoms with Crippen LogP contribution in [0.5, 0.6) is 5.75 Å². The highest BCUT2D eigenvalue weighted by Crippen LogP contribution is 2.24. The van der Waals surface area contributed by atoms with Crippen molar-refractivity contribution in [2.45, 2.75) is 39.7 Å². The Kier molecular flexibility index (Phi) is 5.69. The van der Waals surface area contributed by atoms with E-state index >= 15 is 0 Å². The number of aromatic nitrogens is 1. The molecule has 0 aliphatic carbocycles. The Morgan fingerprint density at radius 2 is 1.93 bits per heavy atom. The molecule has 1 aromatic heterocycles. The van der Waals surface area contributed by atoms with Crippen molar-refractivity contribution in [3.63, 3.8) is 0 Å². The number of nitriles is 1. The Bertz CT molecular complexity index is 1040. The van der Waals surface area contributed by atoms with Gasteiger partial charge in [0.2, 0.25) is 0 Å². The molecule has 6 heteroatoms. The zero-order valence-electron chi connectivity index (χ0n) is 16.9. The standard InChI is InChI=1S/C23H23N3O3/c1-15-21(16(2)29-26-15)13-28-20-7-5-6-17(12-20)22(27)25-19-10-8-18(9-11-19)23(3,4)14-24/h5-12H,13H2,1-4H3,(H,25,27). The van der Waals surface area contributed by atoms with Crippen LogP contribution in [0.4, 0.5) is 5.69 Å². The lowest BCUT2D eigenvalue weighted by Gasteiger charge is -2.16. The van der Waals surface area contributed by atoms with Gasteiger partial charge in [-0.25, -0.2) is 0 Å². The number of anilines is 1. The summed E-state index contributed by atoms with van der Waals surface area (Å²) in [5.74, 6) is 1.07. The van der Waals surface area contributed by atoms with Crippen LogP contribution < -0.4 is 10.1 Å². The Morgan fingerprint density at radius 1 is 1.21 bits per heavy atom. The Morgan fingerprint density at radius 3 is 2.55 bits per heavy atom. The highest BCUT2D eigenvalue weighted by Gasteiger charge is 2.19. The molecule has 0 radical (unpaired) electrons. The number of rotatable bonds is 6. The van der Waals surface area contributed by atoms with E-state index in [0.29, 0.717) is 23.6 Å². The summed E-state index contributed by atoms with van der Waals surface area (Å²) >= 11 is 0. The van der Waals surface area contributed by atoms with Gasteiger partial charge in [0.1, 0.15) is 18.1 Å². The number of carbonyl (C=O) groups excluding carboxylic acids is 1. The maximum atomic E-state index is 12.6.